The lowest BCUT2D eigenvalue weighted by atomic mass is 9.87. The van der Waals surface area contributed by atoms with Crippen molar-refractivity contribution in [1.29, 1.82) is 10.8 Å². The van der Waals surface area contributed by atoms with Gasteiger partial charge in [-0.25, -0.2) is 0 Å². The van der Waals surface area contributed by atoms with E-state index in [1.54, 1.807) is 12.1 Å². The van der Waals surface area contributed by atoms with Gasteiger partial charge in [0.05, 0.1) is 18.3 Å². The van der Waals surface area contributed by atoms with Gasteiger partial charge in [-0.15, -0.1) is 0 Å². The molecule has 196 valence electrons. The Kier molecular flexibility index (Phi) is 10.00. The van der Waals surface area contributed by atoms with E-state index in [1.165, 1.54) is 26.9 Å². The fourth-order valence-electron chi connectivity index (χ4n) is 4.14. The van der Waals surface area contributed by atoms with Gasteiger partial charge in [-0.1, -0.05) is 52.0 Å². The molecule has 0 aliphatic heterocycles. The Labute approximate surface area is 216 Å². The minimum Gasteiger partial charge on any atom is -0.496 e. The van der Waals surface area contributed by atoms with Crippen molar-refractivity contribution in [2.75, 3.05) is 7.11 Å². The molecule has 3 N–H and O–H groups in total. The maximum absolute atomic E-state index is 12.9. The van der Waals surface area contributed by atoms with Crippen LogP contribution in [-0.2, 0) is 11.2 Å². The van der Waals surface area contributed by atoms with E-state index in [9.17, 15) is 9.90 Å². The lowest BCUT2D eigenvalue weighted by Gasteiger charge is -2.25. The van der Waals surface area contributed by atoms with Crippen molar-refractivity contribution < 1.29 is 19.4 Å². The van der Waals surface area contributed by atoms with Gasteiger partial charge in [0, 0.05) is 18.4 Å². The number of hydrogen-bond acceptors (Lipinski definition) is 6. The Bertz CT molecular complexity index is 1090. The van der Waals surface area contributed by atoms with Crippen LogP contribution in [0.15, 0.2) is 36.4 Å². The van der Waals surface area contributed by atoms with Crippen LogP contribution < -0.4 is 4.74 Å². The molecule has 0 spiro atoms. The van der Waals surface area contributed by atoms with Gasteiger partial charge in [0.25, 0.3) is 0 Å². The van der Waals surface area contributed by atoms with Gasteiger partial charge in [-0.05, 0) is 73.8 Å². The minimum absolute atomic E-state index is 0.0633. The van der Waals surface area contributed by atoms with Crippen LogP contribution in [-0.4, -0.2) is 35.4 Å². The third-order valence-electron chi connectivity index (χ3n) is 6.76. The first-order valence-electron chi connectivity index (χ1n) is 12.7. The number of aryl methyl sites for hydroxylation is 1. The Hall–Kier alpha value is -2.99. The first kappa shape index (κ1) is 29.2. The van der Waals surface area contributed by atoms with Crippen molar-refractivity contribution >= 4 is 17.6 Å². The number of methoxy groups -OCH3 is 1. The molecule has 0 radical (unpaired) electrons. The van der Waals surface area contributed by atoms with Gasteiger partial charge in [-0.2, -0.15) is 0 Å². The molecule has 1 aliphatic rings. The average molecular weight is 495 g/mol. The number of ether oxygens (including phenoxy) is 2. The van der Waals surface area contributed by atoms with E-state index in [-0.39, 0.29) is 23.5 Å². The number of benzene rings is 2. The highest BCUT2D eigenvalue weighted by molar-refractivity contribution is 6.05. The van der Waals surface area contributed by atoms with E-state index in [0.717, 1.165) is 34.6 Å². The highest BCUT2D eigenvalue weighted by Crippen LogP contribution is 2.41. The van der Waals surface area contributed by atoms with Crippen molar-refractivity contribution in [3.63, 3.8) is 0 Å². The molecule has 0 saturated heterocycles. The normalized spacial score (nSPS) is 13.9. The second-order valence-electron chi connectivity index (χ2n) is 10.4. The van der Waals surface area contributed by atoms with E-state index < -0.39 is 5.60 Å². The molecule has 2 aromatic carbocycles. The standard InChI is InChI=1S/C22H26N2O3.C8H16O/c1-6-15-8-7-9-17(20(15)21(25)13(2)3)16-10-11-18(19(12-16)26-5)22(24)27-14(4)23;1-6(7-4-5-7)8(2,3)9/h7-13,23-24H,6H2,1-5H3;6-7,9H,4-5H2,1-3H3. The van der Waals surface area contributed by atoms with E-state index in [0.29, 0.717) is 17.2 Å². The van der Waals surface area contributed by atoms with Gasteiger partial charge in [-0.3, -0.25) is 15.6 Å². The number of aliphatic hydroxyl groups is 1. The van der Waals surface area contributed by atoms with E-state index in [4.69, 9.17) is 20.3 Å². The van der Waals surface area contributed by atoms with Gasteiger partial charge in [0.2, 0.25) is 5.90 Å². The van der Waals surface area contributed by atoms with Crippen molar-refractivity contribution in [3.8, 4) is 16.9 Å². The minimum atomic E-state index is -0.457. The molecule has 3 rings (SSSR count). The summed E-state index contributed by atoms with van der Waals surface area (Å²) in [6.45, 7) is 13.2. The monoisotopic (exact) mass is 494 g/mol. The number of rotatable bonds is 8. The Balaban J connectivity index is 0.000000425. The van der Waals surface area contributed by atoms with Crippen LogP contribution in [0, 0.1) is 28.6 Å². The summed E-state index contributed by atoms with van der Waals surface area (Å²) >= 11 is 0. The number of Topliss-reactive ketones (excluding diaryl/α,β-unsaturated/α-hetero) is 1. The van der Waals surface area contributed by atoms with Crippen LogP contribution in [0.3, 0.4) is 0 Å². The summed E-state index contributed by atoms with van der Waals surface area (Å²) < 4.78 is 10.5. The summed E-state index contributed by atoms with van der Waals surface area (Å²) in [4.78, 5) is 12.9. The second-order valence-corrected chi connectivity index (χ2v) is 10.4. The Morgan fingerprint density at radius 3 is 2.22 bits per heavy atom. The fraction of sp³-hybridized carbons (Fsp3) is 0.500. The zero-order valence-corrected chi connectivity index (χ0v) is 23.0. The SMILES string of the molecule is CC(C1CC1)C(C)(C)O.CCc1cccc(-c2ccc(C(=N)OC(C)=N)c(OC)c2)c1C(=O)C(C)C. The number of carbonyl (C=O) groups is 1. The van der Waals surface area contributed by atoms with Crippen LogP contribution in [0.1, 0.15) is 82.8 Å². The summed E-state index contributed by atoms with van der Waals surface area (Å²) in [7, 11) is 1.52. The summed E-state index contributed by atoms with van der Waals surface area (Å²) in [5.41, 5.74) is 3.46. The molecule has 1 aliphatic carbocycles. The molecule has 2 aromatic rings. The molecule has 1 unspecified atom stereocenters. The highest BCUT2D eigenvalue weighted by Gasteiger charge is 2.36. The van der Waals surface area contributed by atoms with Gasteiger partial charge < -0.3 is 14.6 Å². The Morgan fingerprint density at radius 2 is 1.78 bits per heavy atom. The van der Waals surface area contributed by atoms with Crippen LogP contribution in [0.25, 0.3) is 11.1 Å². The Morgan fingerprint density at radius 1 is 1.14 bits per heavy atom. The molecule has 0 heterocycles. The van der Waals surface area contributed by atoms with Crippen LogP contribution in [0.2, 0.25) is 0 Å². The van der Waals surface area contributed by atoms with E-state index in [1.807, 2.05) is 58.9 Å². The van der Waals surface area contributed by atoms with Crippen molar-refractivity contribution in [3.05, 3.63) is 53.1 Å². The quantitative estimate of drug-likeness (QED) is 0.211. The van der Waals surface area contributed by atoms with Crippen LogP contribution >= 0.6 is 0 Å². The molecular formula is C30H42N2O4. The van der Waals surface area contributed by atoms with Crippen LogP contribution in [0.5, 0.6) is 5.75 Å². The third kappa shape index (κ3) is 7.50. The molecule has 0 bridgehead atoms. The summed E-state index contributed by atoms with van der Waals surface area (Å²) in [6, 6.07) is 11.3. The second kappa shape index (κ2) is 12.3. The van der Waals surface area contributed by atoms with E-state index >= 15 is 0 Å². The highest BCUT2D eigenvalue weighted by atomic mass is 16.5. The smallest absolute Gasteiger partial charge is 0.224 e. The number of nitrogens with one attached hydrogen (secondary N) is 2. The van der Waals surface area contributed by atoms with Crippen molar-refractivity contribution in [2.45, 2.75) is 73.3 Å². The molecule has 6 nitrogen and oxygen atoms in total. The first-order valence-corrected chi connectivity index (χ1v) is 12.7. The molecule has 1 atom stereocenters. The van der Waals surface area contributed by atoms with Gasteiger partial charge in [0.1, 0.15) is 5.75 Å². The number of carbonyl (C=O) groups excluding carboxylic acids is 1. The predicted octanol–water partition coefficient (Wildman–Crippen LogP) is 6.91. The lowest BCUT2D eigenvalue weighted by Crippen LogP contribution is -2.29. The van der Waals surface area contributed by atoms with Crippen LogP contribution in [0.4, 0.5) is 0 Å². The molecule has 1 fully saturated rings. The zero-order valence-electron chi connectivity index (χ0n) is 23.0. The molecule has 6 heteroatoms. The lowest BCUT2D eigenvalue weighted by molar-refractivity contribution is 0.0155. The predicted molar refractivity (Wildman–Crippen MR) is 146 cm³/mol. The summed E-state index contributed by atoms with van der Waals surface area (Å²) in [5.74, 6) is 1.56. The summed E-state index contributed by atoms with van der Waals surface area (Å²) in [5, 5.41) is 24.9. The topological polar surface area (TPSA) is 103 Å². The van der Waals surface area contributed by atoms with Crippen molar-refractivity contribution in [2.24, 2.45) is 17.8 Å². The van der Waals surface area contributed by atoms with Gasteiger partial charge in [0.15, 0.2) is 11.7 Å². The maximum Gasteiger partial charge on any atom is 0.224 e. The number of hydrogen-bond donors (Lipinski definition) is 3. The third-order valence-corrected chi connectivity index (χ3v) is 6.76. The number of ketones is 1. The van der Waals surface area contributed by atoms with Crippen molar-refractivity contribution in [1.82, 2.24) is 0 Å². The van der Waals surface area contributed by atoms with E-state index in [2.05, 4.69) is 6.92 Å². The summed E-state index contributed by atoms with van der Waals surface area (Å²) in [6.07, 6.45) is 3.42. The molecule has 0 aromatic heterocycles. The maximum atomic E-state index is 12.9. The zero-order chi connectivity index (χ0) is 27.2. The fourth-order valence-corrected chi connectivity index (χ4v) is 4.14. The molecular weight excluding hydrogens is 452 g/mol. The molecule has 1 saturated carbocycles. The van der Waals surface area contributed by atoms with Gasteiger partial charge >= 0.3 is 0 Å². The molecule has 36 heavy (non-hydrogen) atoms. The molecule has 0 amide bonds. The largest absolute Gasteiger partial charge is 0.496 e. The average Bonchev–Trinajstić information content (AvgIpc) is 3.66. The first-order chi connectivity index (χ1) is 16.8.